The fourth-order valence-corrected chi connectivity index (χ4v) is 1.88. The first-order chi connectivity index (χ1) is 8.22. The van der Waals surface area contributed by atoms with Crippen LogP contribution in [-0.4, -0.2) is 19.3 Å². The van der Waals surface area contributed by atoms with Gasteiger partial charge in [0.1, 0.15) is 11.6 Å². The fraction of sp³-hybridized carbons (Fsp3) is 0.308. The standard InChI is InChI=1S/C13H14F2N2/c14-12-8-11(9-2-5-17-6-3-9)13(15)7-10(12)1-4-16/h2,6-8H,1,3-5,16H2. The summed E-state index contributed by atoms with van der Waals surface area (Å²) in [6, 6.07) is 2.50. The number of halogens is 2. The highest BCUT2D eigenvalue weighted by molar-refractivity contribution is 5.81. The van der Waals surface area contributed by atoms with E-state index in [2.05, 4.69) is 4.99 Å². The third-order valence-electron chi connectivity index (χ3n) is 2.78. The molecule has 1 aliphatic rings. The van der Waals surface area contributed by atoms with Crippen LogP contribution in [0.3, 0.4) is 0 Å². The van der Waals surface area contributed by atoms with E-state index >= 15 is 0 Å². The molecule has 0 aliphatic carbocycles. The molecule has 0 bridgehead atoms. The Balaban J connectivity index is 2.36. The van der Waals surface area contributed by atoms with Gasteiger partial charge in [-0.25, -0.2) is 8.78 Å². The SMILES string of the molecule is NCCc1cc(F)c(C2=CCN=CC2)cc1F. The quantitative estimate of drug-likeness (QED) is 0.859. The van der Waals surface area contributed by atoms with Crippen molar-refractivity contribution in [1.29, 1.82) is 0 Å². The third kappa shape index (κ3) is 2.58. The van der Waals surface area contributed by atoms with Crippen LogP contribution in [0, 0.1) is 11.6 Å². The van der Waals surface area contributed by atoms with Crippen molar-refractivity contribution >= 4 is 11.8 Å². The van der Waals surface area contributed by atoms with Gasteiger partial charge in [-0.1, -0.05) is 6.08 Å². The van der Waals surface area contributed by atoms with Crippen LogP contribution < -0.4 is 5.73 Å². The Kier molecular flexibility index (Phi) is 3.64. The highest BCUT2D eigenvalue weighted by atomic mass is 19.1. The predicted octanol–water partition coefficient (Wildman–Crippen LogP) is 2.32. The maximum atomic E-state index is 13.8. The van der Waals surface area contributed by atoms with Crippen molar-refractivity contribution in [3.63, 3.8) is 0 Å². The second-order valence-corrected chi connectivity index (χ2v) is 3.94. The molecule has 0 fully saturated rings. The van der Waals surface area contributed by atoms with Crippen molar-refractivity contribution in [2.24, 2.45) is 10.7 Å². The average molecular weight is 236 g/mol. The number of hydrogen-bond acceptors (Lipinski definition) is 2. The number of benzene rings is 1. The van der Waals surface area contributed by atoms with Crippen molar-refractivity contribution in [3.05, 3.63) is 41.0 Å². The van der Waals surface area contributed by atoms with Crippen LogP contribution in [0.4, 0.5) is 8.78 Å². The zero-order chi connectivity index (χ0) is 12.3. The van der Waals surface area contributed by atoms with Gasteiger partial charge in [0.2, 0.25) is 0 Å². The molecule has 0 amide bonds. The monoisotopic (exact) mass is 236 g/mol. The van der Waals surface area contributed by atoms with Crippen LogP contribution in [0.2, 0.25) is 0 Å². The zero-order valence-corrected chi connectivity index (χ0v) is 9.42. The van der Waals surface area contributed by atoms with E-state index in [1.165, 1.54) is 12.1 Å². The topological polar surface area (TPSA) is 38.4 Å². The van der Waals surface area contributed by atoms with Crippen molar-refractivity contribution in [2.45, 2.75) is 12.8 Å². The number of dihydropyridines is 1. The predicted molar refractivity (Wildman–Crippen MR) is 65.1 cm³/mol. The highest BCUT2D eigenvalue weighted by Gasteiger charge is 2.13. The molecule has 1 aromatic rings. The molecule has 0 atom stereocenters. The van der Waals surface area contributed by atoms with Gasteiger partial charge in [0, 0.05) is 18.2 Å². The first kappa shape index (κ1) is 11.9. The van der Waals surface area contributed by atoms with Gasteiger partial charge < -0.3 is 5.73 Å². The number of hydrogen-bond donors (Lipinski definition) is 1. The number of nitrogens with zero attached hydrogens (tertiary/aromatic N) is 1. The molecule has 0 unspecified atom stereocenters. The van der Waals surface area contributed by atoms with E-state index in [1.807, 2.05) is 6.08 Å². The maximum Gasteiger partial charge on any atom is 0.131 e. The van der Waals surface area contributed by atoms with Crippen molar-refractivity contribution < 1.29 is 8.78 Å². The van der Waals surface area contributed by atoms with Crippen LogP contribution in [0.15, 0.2) is 23.2 Å². The molecule has 0 saturated heterocycles. The summed E-state index contributed by atoms with van der Waals surface area (Å²) in [5.41, 5.74) is 6.79. The van der Waals surface area contributed by atoms with Gasteiger partial charge in [0.05, 0.1) is 6.54 Å². The highest BCUT2D eigenvalue weighted by Crippen LogP contribution is 2.25. The largest absolute Gasteiger partial charge is 0.330 e. The molecule has 0 spiro atoms. The Morgan fingerprint density at radius 1 is 1.24 bits per heavy atom. The van der Waals surface area contributed by atoms with E-state index in [0.717, 1.165) is 5.57 Å². The van der Waals surface area contributed by atoms with Gasteiger partial charge in [-0.15, -0.1) is 0 Å². The molecule has 1 heterocycles. The first-order valence-electron chi connectivity index (χ1n) is 5.58. The van der Waals surface area contributed by atoms with E-state index < -0.39 is 11.6 Å². The molecular formula is C13H14F2N2. The first-order valence-corrected chi connectivity index (χ1v) is 5.58. The van der Waals surface area contributed by atoms with Crippen LogP contribution >= 0.6 is 0 Å². The van der Waals surface area contributed by atoms with E-state index in [1.54, 1.807) is 6.21 Å². The molecule has 0 radical (unpaired) electrons. The summed E-state index contributed by atoms with van der Waals surface area (Å²) in [5, 5.41) is 0. The van der Waals surface area contributed by atoms with Gasteiger partial charge in [0.25, 0.3) is 0 Å². The second-order valence-electron chi connectivity index (χ2n) is 3.94. The van der Waals surface area contributed by atoms with Gasteiger partial charge in [-0.3, -0.25) is 4.99 Å². The van der Waals surface area contributed by atoms with Crippen molar-refractivity contribution in [2.75, 3.05) is 13.1 Å². The van der Waals surface area contributed by atoms with Crippen LogP contribution in [0.1, 0.15) is 17.5 Å². The number of nitrogens with two attached hydrogens (primary N) is 1. The lowest BCUT2D eigenvalue weighted by Crippen LogP contribution is -2.06. The van der Waals surface area contributed by atoms with Gasteiger partial charge in [-0.2, -0.15) is 0 Å². The normalized spacial score (nSPS) is 14.9. The number of rotatable bonds is 3. The molecule has 2 N–H and O–H groups in total. The summed E-state index contributed by atoms with van der Waals surface area (Å²) in [6.07, 6.45) is 4.44. The van der Waals surface area contributed by atoms with E-state index in [0.29, 0.717) is 37.1 Å². The molecule has 4 heteroatoms. The lowest BCUT2D eigenvalue weighted by atomic mass is 9.98. The zero-order valence-electron chi connectivity index (χ0n) is 9.42. The summed E-state index contributed by atoms with van der Waals surface area (Å²) in [4.78, 5) is 4.02. The fourth-order valence-electron chi connectivity index (χ4n) is 1.88. The maximum absolute atomic E-state index is 13.8. The Morgan fingerprint density at radius 2 is 2.06 bits per heavy atom. The summed E-state index contributed by atoms with van der Waals surface area (Å²) in [6.45, 7) is 0.839. The Hall–Kier alpha value is -1.55. The summed E-state index contributed by atoms with van der Waals surface area (Å²) in [5.74, 6) is -0.785. The Labute approximate surface area is 98.9 Å². The molecule has 17 heavy (non-hydrogen) atoms. The smallest absolute Gasteiger partial charge is 0.131 e. The van der Waals surface area contributed by atoms with Crippen molar-refractivity contribution in [3.8, 4) is 0 Å². The minimum Gasteiger partial charge on any atom is -0.330 e. The third-order valence-corrected chi connectivity index (χ3v) is 2.78. The van der Waals surface area contributed by atoms with Gasteiger partial charge in [0.15, 0.2) is 0 Å². The average Bonchev–Trinajstić information content (AvgIpc) is 2.35. The van der Waals surface area contributed by atoms with Gasteiger partial charge >= 0.3 is 0 Å². The summed E-state index contributed by atoms with van der Waals surface area (Å²) in [7, 11) is 0. The minimum absolute atomic E-state index is 0.311. The Morgan fingerprint density at radius 3 is 2.71 bits per heavy atom. The van der Waals surface area contributed by atoms with Crippen LogP contribution in [-0.2, 0) is 6.42 Å². The molecule has 1 aliphatic heterocycles. The van der Waals surface area contributed by atoms with E-state index in [-0.39, 0.29) is 0 Å². The number of allylic oxidation sites excluding steroid dienone is 1. The second kappa shape index (κ2) is 5.19. The van der Waals surface area contributed by atoms with Crippen molar-refractivity contribution in [1.82, 2.24) is 0 Å². The molecule has 2 rings (SSSR count). The minimum atomic E-state index is -0.393. The lowest BCUT2D eigenvalue weighted by molar-refractivity contribution is 0.582. The summed E-state index contributed by atoms with van der Waals surface area (Å²) < 4.78 is 27.5. The molecule has 90 valence electrons. The molecule has 0 aromatic heterocycles. The van der Waals surface area contributed by atoms with Crippen LogP contribution in [0.5, 0.6) is 0 Å². The van der Waals surface area contributed by atoms with Crippen LogP contribution in [0.25, 0.3) is 5.57 Å². The summed E-state index contributed by atoms with van der Waals surface area (Å²) >= 11 is 0. The molecule has 0 saturated carbocycles. The van der Waals surface area contributed by atoms with E-state index in [9.17, 15) is 8.78 Å². The van der Waals surface area contributed by atoms with Gasteiger partial charge in [-0.05, 0) is 36.2 Å². The molecular weight excluding hydrogens is 222 g/mol. The Bertz CT molecular complexity index is 479. The molecule has 1 aromatic carbocycles. The lowest BCUT2D eigenvalue weighted by Gasteiger charge is -2.11. The number of aliphatic imine (C=N–C) groups is 1. The molecule has 2 nitrogen and oxygen atoms in total. The van der Waals surface area contributed by atoms with E-state index in [4.69, 9.17) is 5.73 Å².